The molecule has 0 amide bonds. The van der Waals surface area contributed by atoms with Crippen molar-refractivity contribution in [1.82, 2.24) is 4.31 Å². The first-order chi connectivity index (χ1) is 8.37. The lowest BCUT2D eigenvalue weighted by molar-refractivity contribution is 0.412. The van der Waals surface area contributed by atoms with Crippen LogP contribution >= 0.6 is 0 Å². The van der Waals surface area contributed by atoms with E-state index < -0.39 is 26.6 Å². The van der Waals surface area contributed by atoms with E-state index in [1.165, 1.54) is 4.31 Å². The van der Waals surface area contributed by atoms with Crippen LogP contribution in [-0.4, -0.2) is 25.3 Å². The van der Waals surface area contributed by atoms with Crippen molar-refractivity contribution in [2.24, 2.45) is 0 Å². The van der Waals surface area contributed by atoms with Gasteiger partial charge in [0, 0.05) is 18.3 Å². The zero-order valence-corrected chi connectivity index (χ0v) is 10.7. The Labute approximate surface area is 104 Å². The van der Waals surface area contributed by atoms with Crippen LogP contribution in [-0.2, 0) is 10.0 Å². The Balaban J connectivity index is 2.52. The first-order valence-corrected chi connectivity index (χ1v) is 7.08. The molecule has 1 saturated carbocycles. The average molecular weight is 276 g/mol. The highest BCUT2D eigenvalue weighted by Gasteiger charge is 2.38. The molecule has 1 aliphatic carbocycles. The van der Waals surface area contributed by atoms with Crippen molar-refractivity contribution >= 4 is 15.7 Å². The topological polar surface area (TPSA) is 63.4 Å². The van der Waals surface area contributed by atoms with Crippen LogP contribution in [0.5, 0.6) is 0 Å². The monoisotopic (exact) mass is 276 g/mol. The molecular formula is C11H14F2N2O2S. The molecule has 18 heavy (non-hydrogen) atoms. The van der Waals surface area contributed by atoms with Gasteiger partial charge in [0.25, 0.3) is 0 Å². The van der Waals surface area contributed by atoms with Crippen molar-refractivity contribution in [2.75, 3.05) is 12.3 Å². The lowest BCUT2D eigenvalue weighted by atomic mass is 10.3. The highest BCUT2D eigenvalue weighted by atomic mass is 32.2. The summed E-state index contributed by atoms with van der Waals surface area (Å²) >= 11 is 0. The van der Waals surface area contributed by atoms with Gasteiger partial charge in [0.05, 0.1) is 0 Å². The van der Waals surface area contributed by atoms with Crippen LogP contribution in [0.4, 0.5) is 14.5 Å². The summed E-state index contributed by atoms with van der Waals surface area (Å²) in [6.07, 6.45) is 1.50. The summed E-state index contributed by atoms with van der Waals surface area (Å²) in [7, 11) is -4.03. The zero-order valence-electron chi connectivity index (χ0n) is 9.86. The molecule has 0 aliphatic heterocycles. The van der Waals surface area contributed by atoms with Crippen LogP contribution in [0, 0.1) is 11.6 Å². The van der Waals surface area contributed by atoms with Crippen molar-refractivity contribution in [1.29, 1.82) is 0 Å². The van der Waals surface area contributed by atoms with Crippen LogP contribution in [0.15, 0.2) is 17.0 Å². The number of benzene rings is 1. The minimum Gasteiger partial charge on any atom is -0.399 e. The van der Waals surface area contributed by atoms with E-state index in [0.29, 0.717) is 0 Å². The van der Waals surface area contributed by atoms with Gasteiger partial charge in [0.1, 0.15) is 4.90 Å². The summed E-state index contributed by atoms with van der Waals surface area (Å²) in [4.78, 5) is -0.686. The van der Waals surface area contributed by atoms with Crippen molar-refractivity contribution in [3.8, 4) is 0 Å². The summed E-state index contributed by atoms with van der Waals surface area (Å²) < 4.78 is 52.5. The third-order valence-electron chi connectivity index (χ3n) is 2.87. The molecule has 0 heterocycles. The fourth-order valence-electron chi connectivity index (χ4n) is 1.88. The minimum absolute atomic E-state index is 0.108. The smallest absolute Gasteiger partial charge is 0.246 e. The van der Waals surface area contributed by atoms with Crippen LogP contribution in [0.3, 0.4) is 0 Å². The molecule has 1 aromatic carbocycles. The lowest BCUT2D eigenvalue weighted by Crippen LogP contribution is -2.33. The number of halogens is 2. The molecule has 7 heteroatoms. The van der Waals surface area contributed by atoms with Crippen molar-refractivity contribution in [2.45, 2.75) is 30.7 Å². The van der Waals surface area contributed by atoms with Gasteiger partial charge in [-0.2, -0.15) is 4.31 Å². The number of nitrogens with zero attached hydrogens (tertiary/aromatic N) is 1. The van der Waals surface area contributed by atoms with Gasteiger partial charge >= 0.3 is 0 Å². The molecule has 100 valence electrons. The molecule has 0 unspecified atom stereocenters. The maximum atomic E-state index is 13.6. The SMILES string of the molecule is CCN(C1CC1)S(=O)(=O)c1cc(N)cc(F)c1F. The van der Waals surface area contributed by atoms with Crippen molar-refractivity contribution < 1.29 is 17.2 Å². The molecule has 0 bridgehead atoms. The molecule has 0 aromatic heterocycles. The van der Waals surface area contributed by atoms with Crippen LogP contribution in [0.1, 0.15) is 19.8 Å². The largest absolute Gasteiger partial charge is 0.399 e. The average Bonchev–Trinajstić information content (AvgIpc) is 3.08. The highest BCUT2D eigenvalue weighted by Crippen LogP contribution is 2.33. The predicted molar refractivity (Wildman–Crippen MR) is 63.4 cm³/mol. The Morgan fingerprint density at radius 1 is 1.39 bits per heavy atom. The van der Waals surface area contributed by atoms with Crippen molar-refractivity contribution in [3.05, 3.63) is 23.8 Å². The van der Waals surface area contributed by atoms with Gasteiger partial charge in [0.15, 0.2) is 11.6 Å². The quantitative estimate of drug-likeness (QED) is 0.852. The van der Waals surface area contributed by atoms with Crippen LogP contribution in [0.2, 0.25) is 0 Å². The number of sulfonamides is 1. The normalized spacial score (nSPS) is 16.2. The van der Waals surface area contributed by atoms with E-state index in [1.807, 2.05) is 0 Å². The predicted octanol–water partition coefficient (Wildman–Crippen LogP) is 1.72. The third kappa shape index (κ3) is 2.20. The number of nitrogen functional groups attached to an aromatic ring is 1. The van der Waals surface area contributed by atoms with E-state index in [2.05, 4.69) is 0 Å². The number of nitrogens with two attached hydrogens (primary N) is 1. The zero-order chi connectivity index (χ0) is 13.5. The highest BCUT2D eigenvalue weighted by molar-refractivity contribution is 7.89. The summed E-state index contributed by atoms with van der Waals surface area (Å²) in [6.45, 7) is 1.89. The number of hydrogen-bond acceptors (Lipinski definition) is 3. The van der Waals surface area contributed by atoms with Crippen molar-refractivity contribution in [3.63, 3.8) is 0 Å². The van der Waals surface area contributed by atoms with E-state index in [4.69, 9.17) is 5.73 Å². The third-order valence-corrected chi connectivity index (χ3v) is 4.90. The summed E-state index contributed by atoms with van der Waals surface area (Å²) in [5.41, 5.74) is 5.26. The molecule has 1 aliphatic rings. The second kappa shape index (κ2) is 4.47. The van der Waals surface area contributed by atoms with E-state index >= 15 is 0 Å². The second-order valence-electron chi connectivity index (χ2n) is 4.25. The fourth-order valence-corrected chi connectivity index (χ4v) is 3.69. The Morgan fingerprint density at radius 3 is 2.50 bits per heavy atom. The number of anilines is 1. The van der Waals surface area contributed by atoms with Gasteiger partial charge in [0.2, 0.25) is 10.0 Å². The molecule has 2 rings (SSSR count). The first kappa shape index (κ1) is 13.2. The van der Waals surface area contributed by atoms with Gasteiger partial charge in [-0.1, -0.05) is 6.92 Å². The van der Waals surface area contributed by atoms with Gasteiger partial charge in [-0.05, 0) is 25.0 Å². The van der Waals surface area contributed by atoms with Gasteiger partial charge in [-0.25, -0.2) is 17.2 Å². The molecular weight excluding hydrogens is 262 g/mol. The minimum atomic E-state index is -4.03. The Morgan fingerprint density at radius 2 is 2.00 bits per heavy atom. The summed E-state index contributed by atoms with van der Waals surface area (Å²) in [6, 6.07) is 1.62. The molecule has 0 saturated heterocycles. The number of hydrogen-bond donors (Lipinski definition) is 1. The molecule has 1 fully saturated rings. The molecule has 1 aromatic rings. The second-order valence-corrected chi connectivity index (χ2v) is 6.11. The maximum Gasteiger partial charge on any atom is 0.246 e. The van der Waals surface area contributed by atoms with Gasteiger partial charge < -0.3 is 5.73 Å². The van der Waals surface area contributed by atoms with E-state index in [-0.39, 0.29) is 18.3 Å². The summed E-state index contributed by atoms with van der Waals surface area (Å²) in [5.74, 6) is -2.62. The van der Waals surface area contributed by atoms with E-state index in [0.717, 1.165) is 25.0 Å². The molecule has 2 N–H and O–H groups in total. The molecule has 4 nitrogen and oxygen atoms in total. The Kier molecular flexibility index (Phi) is 3.29. The Bertz CT molecular complexity index is 571. The van der Waals surface area contributed by atoms with Gasteiger partial charge in [-0.15, -0.1) is 0 Å². The maximum absolute atomic E-state index is 13.6. The van der Waals surface area contributed by atoms with E-state index in [1.54, 1.807) is 6.92 Å². The standard InChI is InChI=1S/C11H14F2N2O2S/c1-2-15(8-3-4-8)18(16,17)10-6-7(14)5-9(12)11(10)13/h5-6,8H,2-4,14H2,1H3. The summed E-state index contributed by atoms with van der Waals surface area (Å²) in [5, 5.41) is 0. The fraction of sp³-hybridized carbons (Fsp3) is 0.455. The lowest BCUT2D eigenvalue weighted by Gasteiger charge is -2.20. The first-order valence-electron chi connectivity index (χ1n) is 5.64. The molecule has 0 spiro atoms. The molecule has 0 atom stereocenters. The van der Waals surface area contributed by atoms with Crippen LogP contribution in [0.25, 0.3) is 0 Å². The van der Waals surface area contributed by atoms with E-state index in [9.17, 15) is 17.2 Å². The molecule has 0 radical (unpaired) electrons. The van der Waals surface area contributed by atoms with Crippen LogP contribution < -0.4 is 5.73 Å². The number of rotatable bonds is 4. The van der Waals surface area contributed by atoms with Gasteiger partial charge in [-0.3, -0.25) is 0 Å². The Hall–Kier alpha value is -1.21.